The molecule has 0 unspecified atom stereocenters. The highest BCUT2D eigenvalue weighted by molar-refractivity contribution is 5.67. The van der Waals surface area contributed by atoms with Gasteiger partial charge in [-0.2, -0.15) is 0 Å². The molecule has 2 aromatic carbocycles. The lowest BCUT2D eigenvalue weighted by molar-refractivity contribution is 0.0285. The number of hydrogen-bond donors (Lipinski definition) is 1. The molecule has 30 heavy (non-hydrogen) atoms. The second-order valence-electron chi connectivity index (χ2n) is 8.11. The Morgan fingerprint density at radius 3 is 2.27 bits per heavy atom. The largest absolute Gasteiger partial charge is 0.497 e. The van der Waals surface area contributed by atoms with Crippen LogP contribution in [0.3, 0.4) is 0 Å². The fourth-order valence-electron chi connectivity index (χ4n) is 2.66. The van der Waals surface area contributed by atoms with Gasteiger partial charge in [-0.3, -0.25) is 0 Å². The summed E-state index contributed by atoms with van der Waals surface area (Å²) < 4.78 is 10.5. The van der Waals surface area contributed by atoms with Gasteiger partial charge in [-0.15, -0.1) is 0 Å². The Hall–Kier alpha value is -2.97. The molecule has 1 amide bonds. The number of methoxy groups -OCH3 is 1. The van der Waals surface area contributed by atoms with Crippen molar-refractivity contribution in [1.29, 1.82) is 0 Å². The summed E-state index contributed by atoms with van der Waals surface area (Å²) in [5.41, 5.74) is 2.73. The van der Waals surface area contributed by atoms with Crippen molar-refractivity contribution >= 4 is 6.09 Å². The normalized spacial score (nSPS) is 10.7. The predicted molar refractivity (Wildman–Crippen MR) is 120 cm³/mol. The van der Waals surface area contributed by atoms with Crippen molar-refractivity contribution in [3.63, 3.8) is 0 Å². The Morgan fingerprint density at radius 2 is 1.67 bits per heavy atom. The molecule has 0 saturated heterocycles. The van der Waals surface area contributed by atoms with E-state index in [1.165, 1.54) is 5.56 Å². The second kappa shape index (κ2) is 11.3. The molecule has 0 aromatic heterocycles. The molecule has 2 rings (SSSR count). The lowest BCUT2D eigenvalue weighted by atomic mass is 10.1. The average molecular weight is 409 g/mol. The number of nitrogens with one attached hydrogen (secondary N) is 1. The second-order valence-corrected chi connectivity index (χ2v) is 8.11. The van der Waals surface area contributed by atoms with Crippen LogP contribution in [0.25, 0.3) is 0 Å². The summed E-state index contributed by atoms with van der Waals surface area (Å²) >= 11 is 0. The van der Waals surface area contributed by atoms with Gasteiger partial charge < -0.3 is 19.7 Å². The van der Waals surface area contributed by atoms with Gasteiger partial charge >= 0.3 is 6.09 Å². The van der Waals surface area contributed by atoms with Crippen LogP contribution in [-0.4, -0.2) is 37.3 Å². The highest BCUT2D eigenvalue weighted by Crippen LogP contribution is 2.12. The predicted octanol–water partition coefficient (Wildman–Crippen LogP) is 4.59. The Labute approximate surface area is 180 Å². The molecule has 0 heterocycles. The van der Waals surface area contributed by atoms with Crippen molar-refractivity contribution in [2.75, 3.05) is 20.7 Å². The van der Waals surface area contributed by atoms with E-state index in [2.05, 4.69) is 29.3 Å². The van der Waals surface area contributed by atoms with Crippen LogP contribution in [0.2, 0.25) is 0 Å². The van der Waals surface area contributed by atoms with E-state index >= 15 is 0 Å². The molecule has 0 aliphatic rings. The maximum absolute atomic E-state index is 12.0. The van der Waals surface area contributed by atoms with Crippen molar-refractivity contribution < 1.29 is 14.3 Å². The third-order valence-electron chi connectivity index (χ3n) is 4.23. The minimum Gasteiger partial charge on any atom is -0.497 e. The van der Waals surface area contributed by atoms with Crippen molar-refractivity contribution in [2.24, 2.45) is 0 Å². The summed E-state index contributed by atoms with van der Waals surface area (Å²) in [7, 11) is 3.41. The zero-order valence-corrected chi connectivity index (χ0v) is 18.6. The lowest BCUT2D eigenvalue weighted by Crippen LogP contribution is -2.33. The van der Waals surface area contributed by atoms with E-state index in [4.69, 9.17) is 9.47 Å². The molecule has 1 N–H and O–H groups in total. The summed E-state index contributed by atoms with van der Waals surface area (Å²) in [5.74, 6) is 7.24. The molecule has 0 bridgehead atoms. The van der Waals surface area contributed by atoms with Crippen molar-refractivity contribution in [1.82, 2.24) is 10.2 Å². The fourth-order valence-corrected chi connectivity index (χ4v) is 2.66. The number of hydrogen-bond acceptors (Lipinski definition) is 4. The summed E-state index contributed by atoms with van der Waals surface area (Å²) in [6.07, 6.45) is 0.452. The molecule has 0 radical (unpaired) electrons. The summed E-state index contributed by atoms with van der Waals surface area (Å²) in [5, 5.41) is 3.39. The van der Waals surface area contributed by atoms with Gasteiger partial charge in [-0.1, -0.05) is 36.1 Å². The Kier molecular flexibility index (Phi) is 8.76. The van der Waals surface area contributed by atoms with E-state index < -0.39 is 5.60 Å². The van der Waals surface area contributed by atoms with E-state index in [9.17, 15) is 4.79 Å². The minimum atomic E-state index is -0.492. The van der Waals surface area contributed by atoms with E-state index in [1.54, 1.807) is 19.1 Å². The van der Waals surface area contributed by atoms with Crippen LogP contribution in [0.4, 0.5) is 4.79 Å². The number of benzene rings is 2. The summed E-state index contributed by atoms with van der Waals surface area (Å²) in [6, 6.07) is 16.0. The number of amides is 1. The molecule has 160 valence electrons. The Bertz CT molecular complexity index is 856. The Morgan fingerprint density at radius 1 is 1.03 bits per heavy atom. The SMILES string of the molecule is COc1ccc(CNCCC#Cc2ccc(CN(C)C(=O)OC(C)(C)C)cc2)cc1. The van der Waals surface area contributed by atoms with Gasteiger partial charge in [-0.25, -0.2) is 4.79 Å². The fraction of sp³-hybridized carbons (Fsp3) is 0.400. The van der Waals surface area contributed by atoms with E-state index in [-0.39, 0.29) is 6.09 Å². The summed E-state index contributed by atoms with van der Waals surface area (Å²) in [6.45, 7) is 7.73. The first-order chi connectivity index (χ1) is 14.3. The van der Waals surface area contributed by atoms with Gasteiger partial charge in [0, 0.05) is 38.7 Å². The number of carbonyl (C=O) groups excluding carboxylic acids is 1. The molecular formula is C25H32N2O3. The maximum atomic E-state index is 12.0. The number of ether oxygens (including phenoxy) is 2. The number of carbonyl (C=O) groups is 1. The smallest absolute Gasteiger partial charge is 0.410 e. The first-order valence-electron chi connectivity index (χ1n) is 10.1. The highest BCUT2D eigenvalue weighted by atomic mass is 16.6. The van der Waals surface area contributed by atoms with Gasteiger partial charge in [-0.05, 0) is 56.2 Å². The van der Waals surface area contributed by atoms with E-state index in [1.807, 2.05) is 57.2 Å². The average Bonchev–Trinajstić information content (AvgIpc) is 2.71. The zero-order chi connectivity index (χ0) is 22.0. The first-order valence-corrected chi connectivity index (χ1v) is 10.1. The molecule has 0 saturated carbocycles. The van der Waals surface area contributed by atoms with Crippen LogP contribution in [0.15, 0.2) is 48.5 Å². The number of nitrogens with zero attached hydrogens (tertiary/aromatic N) is 1. The highest BCUT2D eigenvalue weighted by Gasteiger charge is 2.19. The van der Waals surface area contributed by atoms with Crippen LogP contribution < -0.4 is 10.1 Å². The molecule has 0 fully saturated rings. The van der Waals surface area contributed by atoms with Crippen LogP contribution in [0.1, 0.15) is 43.9 Å². The number of rotatable bonds is 7. The first kappa shape index (κ1) is 23.3. The Balaban J connectivity index is 1.72. The van der Waals surface area contributed by atoms with Crippen molar-refractivity contribution in [3.8, 4) is 17.6 Å². The quantitative estimate of drug-likeness (QED) is 0.538. The molecule has 0 spiro atoms. The molecular weight excluding hydrogens is 376 g/mol. The third kappa shape index (κ3) is 8.59. The van der Waals surface area contributed by atoms with E-state index in [0.717, 1.165) is 36.4 Å². The lowest BCUT2D eigenvalue weighted by Gasteiger charge is -2.24. The molecule has 5 nitrogen and oxygen atoms in total. The van der Waals surface area contributed by atoms with Gasteiger partial charge in [0.15, 0.2) is 0 Å². The third-order valence-corrected chi connectivity index (χ3v) is 4.23. The monoisotopic (exact) mass is 408 g/mol. The molecule has 0 aliphatic carbocycles. The maximum Gasteiger partial charge on any atom is 0.410 e. The van der Waals surface area contributed by atoms with Crippen molar-refractivity contribution in [2.45, 2.75) is 45.9 Å². The molecule has 0 aliphatic heterocycles. The molecule has 0 atom stereocenters. The zero-order valence-electron chi connectivity index (χ0n) is 18.6. The van der Waals surface area contributed by atoms with Gasteiger partial charge in [0.05, 0.1) is 7.11 Å². The minimum absolute atomic E-state index is 0.325. The van der Waals surface area contributed by atoms with Crippen LogP contribution in [0.5, 0.6) is 5.75 Å². The van der Waals surface area contributed by atoms with Crippen LogP contribution in [0, 0.1) is 11.8 Å². The standard InChI is InChI=1S/C25H32N2O3/c1-25(2,3)30-24(28)27(4)19-22-11-9-20(10-12-22)8-6-7-17-26-18-21-13-15-23(29-5)16-14-21/h9-16,26H,7,17-19H2,1-5H3. The summed E-state index contributed by atoms with van der Waals surface area (Å²) in [4.78, 5) is 13.6. The molecule has 2 aromatic rings. The topological polar surface area (TPSA) is 50.8 Å². The van der Waals surface area contributed by atoms with Gasteiger partial charge in [0.25, 0.3) is 0 Å². The molecule has 5 heteroatoms. The van der Waals surface area contributed by atoms with E-state index in [0.29, 0.717) is 6.54 Å². The van der Waals surface area contributed by atoms with Gasteiger partial charge in [0.1, 0.15) is 11.4 Å². The van der Waals surface area contributed by atoms with Crippen molar-refractivity contribution in [3.05, 3.63) is 65.2 Å². The van der Waals surface area contributed by atoms with Crippen LogP contribution >= 0.6 is 0 Å². The van der Waals surface area contributed by atoms with Crippen LogP contribution in [-0.2, 0) is 17.8 Å². The van der Waals surface area contributed by atoms with Gasteiger partial charge in [0.2, 0.25) is 0 Å².